The summed E-state index contributed by atoms with van der Waals surface area (Å²) in [6.45, 7) is 6.21. The zero-order chi connectivity index (χ0) is 26.0. The molecule has 2 aliphatic heterocycles. The highest BCUT2D eigenvalue weighted by molar-refractivity contribution is 7.89. The van der Waals surface area contributed by atoms with Gasteiger partial charge in [-0.15, -0.1) is 0 Å². The first-order chi connectivity index (χ1) is 17.5. The van der Waals surface area contributed by atoms with Crippen molar-refractivity contribution in [2.75, 3.05) is 6.61 Å². The van der Waals surface area contributed by atoms with E-state index in [-0.39, 0.29) is 47.4 Å². The van der Waals surface area contributed by atoms with Crippen LogP contribution in [0.25, 0.3) is 0 Å². The summed E-state index contributed by atoms with van der Waals surface area (Å²) in [6, 6.07) is 3.17. The number of hydrogen-bond donors (Lipinski definition) is 0. The summed E-state index contributed by atoms with van der Waals surface area (Å²) in [5.41, 5.74) is -0.963. The van der Waals surface area contributed by atoms with Crippen molar-refractivity contribution in [3.63, 3.8) is 0 Å². The van der Waals surface area contributed by atoms with E-state index in [1.807, 2.05) is 13.0 Å². The van der Waals surface area contributed by atoms with Crippen LogP contribution in [0.3, 0.4) is 0 Å². The molecule has 0 bridgehead atoms. The van der Waals surface area contributed by atoms with Gasteiger partial charge in [0.05, 0.1) is 24.4 Å². The lowest BCUT2D eigenvalue weighted by Gasteiger charge is -2.56. The smallest absolute Gasteiger partial charge is 0.375 e. The summed E-state index contributed by atoms with van der Waals surface area (Å²) < 4.78 is 48.4. The molecule has 196 valence electrons. The molecule has 4 aliphatic carbocycles. The van der Waals surface area contributed by atoms with Gasteiger partial charge in [-0.2, -0.15) is 8.42 Å². The molecule has 9 heteroatoms. The van der Waals surface area contributed by atoms with Gasteiger partial charge in [0.15, 0.2) is 5.78 Å². The molecule has 0 amide bonds. The fraction of sp³-hybridized carbons (Fsp3) is 0.571. The first kappa shape index (κ1) is 23.6. The number of carbonyl (C=O) groups is 2. The topological polar surface area (TPSA) is 112 Å². The van der Waals surface area contributed by atoms with E-state index in [0.717, 1.165) is 30.2 Å². The van der Waals surface area contributed by atoms with Crippen LogP contribution < -0.4 is 0 Å². The van der Waals surface area contributed by atoms with Crippen molar-refractivity contribution in [2.24, 2.45) is 28.6 Å². The third kappa shape index (κ3) is 2.77. The molecule has 7 rings (SSSR count). The van der Waals surface area contributed by atoms with Gasteiger partial charge in [0.2, 0.25) is 5.76 Å². The summed E-state index contributed by atoms with van der Waals surface area (Å²) in [5.74, 6) is -0.403. The molecule has 8 nitrogen and oxygen atoms in total. The van der Waals surface area contributed by atoms with Gasteiger partial charge in [-0.05, 0) is 68.7 Å². The van der Waals surface area contributed by atoms with E-state index in [0.29, 0.717) is 12.0 Å². The molecule has 4 fully saturated rings. The molecule has 1 spiro atoms. The van der Waals surface area contributed by atoms with Gasteiger partial charge in [-0.1, -0.05) is 25.5 Å². The Morgan fingerprint density at radius 3 is 2.70 bits per heavy atom. The van der Waals surface area contributed by atoms with Gasteiger partial charge in [0.1, 0.15) is 11.2 Å². The van der Waals surface area contributed by atoms with Crippen LogP contribution in [0.15, 0.2) is 57.6 Å². The molecule has 3 heterocycles. The van der Waals surface area contributed by atoms with Crippen LogP contribution >= 0.6 is 0 Å². The third-order valence-electron chi connectivity index (χ3n) is 10.6. The molecule has 3 saturated carbocycles. The molecule has 8 atom stereocenters. The van der Waals surface area contributed by atoms with Gasteiger partial charge in [0, 0.05) is 22.3 Å². The van der Waals surface area contributed by atoms with Crippen molar-refractivity contribution >= 4 is 21.9 Å². The van der Waals surface area contributed by atoms with E-state index in [1.165, 1.54) is 6.26 Å². The minimum absolute atomic E-state index is 0.0212. The summed E-state index contributed by atoms with van der Waals surface area (Å²) in [7, 11) is -3.86. The van der Waals surface area contributed by atoms with Gasteiger partial charge in [-0.25, -0.2) is 4.79 Å². The van der Waals surface area contributed by atoms with Crippen molar-refractivity contribution in [3.05, 3.63) is 58.9 Å². The Morgan fingerprint density at radius 2 is 2.00 bits per heavy atom. The summed E-state index contributed by atoms with van der Waals surface area (Å²) in [6.07, 6.45) is 9.79. The average molecular weight is 527 g/mol. The average Bonchev–Trinajstić information content (AvgIpc) is 3.15. The zero-order valence-corrected chi connectivity index (χ0v) is 21.9. The fourth-order valence-electron chi connectivity index (χ4n) is 9.11. The highest BCUT2D eigenvalue weighted by atomic mass is 32.2. The second-order valence-electron chi connectivity index (χ2n) is 12.0. The molecule has 1 aromatic rings. The maximum Gasteiger partial charge on any atom is 0.375 e. The molecule has 1 aromatic heterocycles. The second-order valence-corrected chi connectivity index (χ2v) is 13.5. The predicted octanol–water partition coefficient (Wildman–Crippen LogP) is 4.10. The number of esters is 1. The Kier molecular flexibility index (Phi) is 4.55. The van der Waals surface area contributed by atoms with Crippen LogP contribution in [-0.2, 0) is 28.6 Å². The lowest BCUT2D eigenvalue weighted by Crippen LogP contribution is -2.61. The standard InChI is InChI=1S/C28H30O8S/c1-16-11-21-20-7-6-17-12-19(29)8-9-25(17,2)28(20)23(35-28)13-26(21,3)27(16,18-14-34-37(31,32)15-18)36-24(30)22-5-4-10-33-22/h4-5,8-10,12,15-16,20-21,23H,6-7,11,13-14H2,1-3H3/t16?,20-,21-,23?,25-,26-,27?,28-/m0/s1. The number of ketones is 1. The lowest BCUT2D eigenvalue weighted by atomic mass is 9.46. The van der Waals surface area contributed by atoms with Crippen LogP contribution in [0, 0.1) is 28.6 Å². The molecule has 0 radical (unpaired) electrons. The van der Waals surface area contributed by atoms with Crippen molar-refractivity contribution in [2.45, 2.75) is 63.8 Å². The minimum atomic E-state index is -3.86. The first-order valence-electron chi connectivity index (χ1n) is 13.0. The van der Waals surface area contributed by atoms with Crippen LogP contribution in [0.1, 0.15) is 57.0 Å². The molecular weight excluding hydrogens is 496 g/mol. The molecule has 1 saturated heterocycles. The maximum absolute atomic E-state index is 13.4. The van der Waals surface area contributed by atoms with Crippen LogP contribution in [-0.4, -0.2) is 44.1 Å². The number of allylic oxidation sites excluding steroid dienone is 2. The van der Waals surface area contributed by atoms with E-state index < -0.39 is 32.7 Å². The Bertz CT molecular complexity index is 1420. The van der Waals surface area contributed by atoms with Crippen molar-refractivity contribution in [1.29, 1.82) is 0 Å². The highest BCUT2D eigenvalue weighted by Crippen LogP contribution is 2.77. The van der Waals surface area contributed by atoms with E-state index in [1.54, 1.807) is 24.3 Å². The van der Waals surface area contributed by atoms with E-state index in [9.17, 15) is 18.0 Å². The second kappa shape index (κ2) is 7.12. The number of ether oxygens (including phenoxy) is 2. The van der Waals surface area contributed by atoms with E-state index in [4.69, 9.17) is 18.1 Å². The number of fused-ring (bicyclic) bond motifs is 3. The number of rotatable bonds is 3. The van der Waals surface area contributed by atoms with Crippen LogP contribution in [0.2, 0.25) is 0 Å². The number of furan rings is 1. The SMILES string of the molecule is CC1C[C@H]2[C@@H]3CCC4=CC(=O)C=C[C@]4(C)[C@]34OC4C[C@]2(C)C1(OC(=O)c1ccco1)C1=CS(=O)(=O)OC1. The van der Waals surface area contributed by atoms with Gasteiger partial charge in [-0.3, -0.25) is 8.98 Å². The fourth-order valence-corrected chi connectivity index (χ4v) is 10.1. The Morgan fingerprint density at radius 1 is 1.19 bits per heavy atom. The molecular formula is C28H30O8S. The summed E-state index contributed by atoms with van der Waals surface area (Å²) in [5, 5.41) is 1.15. The molecule has 37 heavy (non-hydrogen) atoms. The van der Waals surface area contributed by atoms with Crippen molar-refractivity contribution in [1.82, 2.24) is 0 Å². The van der Waals surface area contributed by atoms with E-state index in [2.05, 4.69) is 13.8 Å². The Balaban J connectivity index is 1.35. The largest absolute Gasteiger partial charge is 0.457 e. The normalized spacial score (nSPS) is 46.7. The van der Waals surface area contributed by atoms with Crippen LogP contribution in [0.5, 0.6) is 0 Å². The van der Waals surface area contributed by atoms with E-state index >= 15 is 0 Å². The number of epoxide rings is 1. The predicted molar refractivity (Wildman–Crippen MR) is 130 cm³/mol. The van der Waals surface area contributed by atoms with Crippen molar-refractivity contribution in [3.8, 4) is 0 Å². The molecule has 3 unspecified atom stereocenters. The minimum Gasteiger partial charge on any atom is -0.457 e. The molecule has 6 aliphatic rings. The zero-order valence-electron chi connectivity index (χ0n) is 21.1. The number of hydrogen-bond acceptors (Lipinski definition) is 8. The Labute approximate surface area is 215 Å². The first-order valence-corrected chi connectivity index (χ1v) is 14.4. The van der Waals surface area contributed by atoms with Gasteiger partial charge in [0.25, 0.3) is 10.1 Å². The number of carbonyl (C=O) groups excluding carboxylic acids is 2. The molecule has 0 aromatic carbocycles. The molecule has 0 N–H and O–H groups in total. The quantitative estimate of drug-likeness (QED) is 0.329. The summed E-state index contributed by atoms with van der Waals surface area (Å²) in [4.78, 5) is 25.5. The van der Waals surface area contributed by atoms with Crippen molar-refractivity contribution < 1.29 is 36.1 Å². The van der Waals surface area contributed by atoms with Gasteiger partial charge >= 0.3 is 5.97 Å². The third-order valence-corrected chi connectivity index (χ3v) is 11.6. The monoisotopic (exact) mass is 526 g/mol. The van der Waals surface area contributed by atoms with Crippen LogP contribution in [0.4, 0.5) is 0 Å². The maximum atomic E-state index is 13.4. The lowest BCUT2D eigenvalue weighted by molar-refractivity contribution is -0.112. The summed E-state index contributed by atoms with van der Waals surface area (Å²) >= 11 is 0. The highest BCUT2D eigenvalue weighted by Gasteiger charge is 2.82. The van der Waals surface area contributed by atoms with Gasteiger partial charge < -0.3 is 13.9 Å². The Hall–Kier alpha value is -2.49.